The molecule has 1 nitrogen and oxygen atoms in total. The summed E-state index contributed by atoms with van der Waals surface area (Å²) in [7, 11) is 1.78. The van der Waals surface area contributed by atoms with Crippen LogP contribution in [0.5, 0.6) is 0 Å². The Labute approximate surface area is 133 Å². The van der Waals surface area contributed by atoms with Gasteiger partial charge in [-0.25, -0.2) is 8.78 Å². The standard InChI is InChI=1S/C15H13Br2F2N/c1-20-15(12-8-11(18)4-5-13(12)17)6-9-2-3-10(16)7-14(9)19/h2-5,7-8,15,20H,6H2,1H3. The first kappa shape index (κ1) is 15.6. The molecule has 2 rings (SSSR count). The van der Waals surface area contributed by atoms with Crippen LogP contribution in [-0.2, 0) is 6.42 Å². The van der Waals surface area contributed by atoms with Crippen LogP contribution in [0.25, 0.3) is 0 Å². The summed E-state index contributed by atoms with van der Waals surface area (Å²) in [5, 5.41) is 3.10. The minimum Gasteiger partial charge on any atom is -0.313 e. The Kier molecular flexibility index (Phi) is 5.29. The monoisotopic (exact) mass is 403 g/mol. The molecule has 0 aliphatic heterocycles. The van der Waals surface area contributed by atoms with Gasteiger partial charge in [0.1, 0.15) is 11.6 Å². The second-order valence-corrected chi connectivity index (χ2v) is 6.22. The van der Waals surface area contributed by atoms with Gasteiger partial charge in [-0.05, 0) is 54.9 Å². The third-order valence-corrected chi connectivity index (χ3v) is 4.34. The van der Waals surface area contributed by atoms with Gasteiger partial charge in [-0.2, -0.15) is 0 Å². The molecule has 0 aliphatic rings. The first-order valence-electron chi connectivity index (χ1n) is 6.07. The van der Waals surface area contributed by atoms with Crippen LogP contribution in [0.4, 0.5) is 8.78 Å². The summed E-state index contributed by atoms with van der Waals surface area (Å²) in [6, 6.07) is 9.30. The highest BCUT2D eigenvalue weighted by atomic mass is 79.9. The fourth-order valence-electron chi connectivity index (χ4n) is 2.06. The molecule has 0 aromatic heterocycles. The van der Waals surface area contributed by atoms with E-state index < -0.39 is 0 Å². The predicted octanol–water partition coefficient (Wildman–Crippen LogP) is 4.99. The number of halogens is 4. The van der Waals surface area contributed by atoms with Crippen LogP contribution in [0.2, 0.25) is 0 Å². The second kappa shape index (κ2) is 6.78. The molecule has 0 fully saturated rings. The van der Waals surface area contributed by atoms with Crippen molar-refractivity contribution in [2.45, 2.75) is 12.5 Å². The largest absolute Gasteiger partial charge is 0.313 e. The topological polar surface area (TPSA) is 12.0 Å². The Bertz CT molecular complexity index is 617. The van der Waals surface area contributed by atoms with E-state index in [1.807, 2.05) is 0 Å². The highest BCUT2D eigenvalue weighted by Crippen LogP contribution is 2.28. The lowest BCUT2D eigenvalue weighted by atomic mass is 9.98. The molecular formula is C15H13Br2F2N. The summed E-state index contributed by atoms with van der Waals surface area (Å²) in [5.74, 6) is -0.577. The molecule has 0 saturated heterocycles. The van der Waals surface area contributed by atoms with E-state index in [4.69, 9.17) is 0 Å². The van der Waals surface area contributed by atoms with E-state index in [-0.39, 0.29) is 17.7 Å². The zero-order chi connectivity index (χ0) is 14.7. The molecule has 0 radical (unpaired) electrons. The Morgan fingerprint density at radius 1 is 1.10 bits per heavy atom. The molecule has 5 heteroatoms. The molecule has 0 aliphatic carbocycles. The van der Waals surface area contributed by atoms with Crippen LogP contribution >= 0.6 is 31.9 Å². The van der Waals surface area contributed by atoms with E-state index in [1.54, 1.807) is 25.2 Å². The number of hydrogen-bond donors (Lipinski definition) is 1. The van der Waals surface area contributed by atoms with Gasteiger partial charge in [0.25, 0.3) is 0 Å². The van der Waals surface area contributed by atoms with Gasteiger partial charge in [0.05, 0.1) is 0 Å². The Balaban J connectivity index is 2.31. The molecule has 0 spiro atoms. The van der Waals surface area contributed by atoms with Gasteiger partial charge in [-0.1, -0.05) is 37.9 Å². The average molecular weight is 405 g/mol. The van der Waals surface area contributed by atoms with Gasteiger partial charge in [0.15, 0.2) is 0 Å². The highest BCUT2D eigenvalue weighted by molar-refractivity contribution is 9.10. The van der Waals surface area contributed by atoms with Crippen LogP contribution in [0.1, 0.15) is 17.2 Å². The lowest BCUT2D eigenvalue weighted by Crippen LogP contribution is -2.20. The first-order chi connectivity index (χ1) is 9.51. The fraction of sp³-hybridized carbons (Fsp3) is 0.200. The third-order valence-electron chi connectivity index (χ3n) is 3.12. The first-order valence-corrected chi connectivity index (χ1v) is 7.66. The minimum atomic E-state index is -0.306. The number of likely N-dealkylation sites (N-methyl/N-ethyl adjacent to an activating group) is 1. The van der Waals surface area contributed by atoms with Gasteiger partial charge in [-0.15, -0.1) is 0 Å². The van der Waals surface area contributed by atoms with Crippen molar-refractivity contribution in [2.24, 2.45) is 0 Å². The normalized spacial score (nSPS) is 12.4. The fourth-order valence-corrected chi connectivity index (χ4v) is 2.91. The van der Waals surface area contributed by atoms with Crippen molar-refractivity contribution < 1.29 is 8.78 Å². The van der Waals surface area contributed by atoms with E-state index in [9.17, 15) is 8.78 Å². The maximum absolute atomic E-state index is 13.9. The Hall–Kier alpha value is -0.780. The molecule has 106 valence electrons. The molecule has 1 N–H and O–H groups in total. The van der Waals surface area contributed by atoms with E-state index in [1.165, 1.54) is 18.2 Å². The van der Waals surface area contributed by atoms with Crippen LogP contribution in [0.3, 0.4) is 0 Å². The summed E-state index contributed by atoms with van der Waals surface area (Å²) in [4.78, 5) is 0. The van der Waals surface area contributed by atoms with Gasteiger partial charge in [0.2, 0.25) is 0 Å². The molecule has 0 saturated carbocycles. The van der Waals surface area contributed by atoms with Crippen molar-refractivity contribution in [1.82, 2.24) is 5.32 Å². The maximum Gasteiger partial charge on any atom is 0.127 e. The average Bonchev–Trinajstić information content (AvgIpc) is 2.41. The summed E-state index contributed by atoms with van der Waals surface area (Å²) in [5.41, 5.74) is 1.36. The Morgan fingerprint density at radius 2 is 1.85 bits per heavy atom. The summed E-state index contributed by atoms with van der Waals surface area (Å²) < 4.78 is 28.8. The van der Waals surface area contributed by atoms with Crippen molar-refractivity contribution in [2.75, 3.05) is 7.05 Å². The molecule has 20 heavy (non-hydrogen) atoms. The minimum absolute atomic E-state index is 0.171. The van der Waals surface area contributed by atoms with Gasteiger partial charge >= 0.3 is 0 Å². The van der Waals surface area contributed by atoms with Crippen LogP contribution in [0.15, 0.2) is 45.3 Å². The van der Waals surface area contributed by atoms with Crippen molar-refractivity contribution in [3.05, 3.63) is 68.1 Å². The van der Waals surface area contributed by atoms with Gasteiger partial charge in [0, 0.05) is 15.0 Å². The number of hydrogen-bond acceptors (Lipinski definition) is 1. The molecule has 0 amide bonds. The van der Waals surface area contributed by atoms with Crippen LogP contribution in [-0.4, -0.2) is 7.05 Å². The van der Waals surface area contributed by atoms with Crippen molar-refractivity contribution in [3.8, 4) is 0 Å². The van der Waals surface area contributed by atoms with Crippen LogP contribution < -0.4 is 5.32 Å². The number of rotatable bonds is 4. The third kappa shape index (κ3) is 3.65. The molecule has 2 aromatic rings. The molecule has 1 atom stereocenters. The number of benzene rings is 2. The summed E-state index contributed by atoms with van der Waals surface area (Å²) in [6.07, 6.45) is 0.442. The van der Waals surface area contributed by atoms with Crippen LogP contribution in [0, 0.1) is 11.6 Å². The van der Waals surface area contributed by atoms with E-state index >= 15 is 0 Å². The molecular weight excluding hydrogens is 392 g/mol. The predicted molar refractivity (Wildman–Crippen MR) is 83.7 cm³/mol. The van der Waals surface area contributed by atoms with Gasteiger partial charge < -0.3 is 5.32 Å². The van der Waals surface area contributed by atoms with E-state index in [0.29, 0.717) is 16.5 Å². The summed E-state index contributed by atoms with van der Waals surface area (Å²) in [6.45, 7) is 0. The maximum atomic E-state index is 13.9. The smallest absolute Gasteiger partial charge is 0.127 e. The van der Waals surface area contributed by atoms with Gasteiger partial charge in [-0.3, -0.25) is 0 Å². The number of nitrogens with one attached hydrogen (secondary N) is 1. The summed E-state index contributed by atoms with van der Waals surface area (Å²) >= 11 is 6.64. The van der Waals surface area contributed by atoms with E-state index in [0.717, 1.165) is 10.0 Å². The second-order valence-electron chi connectivity index (χ2n) is 4.45. The highest BCUT2D eigenvalue weighted by Gasteiger charge is 2.16. The lowest BCUT2D eigenvalue weighted by Gasteiger charge is -2.19. The quantitative estimate of drug-likeness (QED) is 0.756. The van der Waals surface area contributed by atoms with Crippen molar-refractivity contribution in [1.29, 1.82) is 0 Å². The van der Waals surface area contributed by atoms with Crippen molar-refractivity contribution >= 4 is 31.9 Å². The van der Waals surface area contributed by atoms with E-state index in [2.05, 4.69) is 37.2 Å². The SMILES string of the molecule is CNC(Cc1ccc(Br)cc1F)c1cc(F)ccc1Br. The zero-order valence-corrected chi connectivity index (χ0v) is 13.9. The molecule has 0 heterocycles. The zero-order valence-electron chi connectivity index (χ0n) is 10.8. The molecule has 2 aromatic carbocycles. The lowest BCUT2D eigenvalue weighted by molar-refractivity contribution is 0.547. The Morgan fingerprint density at radius 3 is 2.50 bits per heavy atom. The molecule has 1 unspecified atom stereocenters. The van der Waals surface area contributed by atoms with Crippen molar-refractivity contribution in [3.63, 3.8) is 0 Å². The molecule has 0 bridgehead atoms.